The second-order valence-electron chi connectivity index (χ2n) is 4.42. The molecule has 0 bridgehead atoms. The molecule has 0 unspecified atom stereocenters. The number of fused-ring (bicyclic) bond motifs is 1. The summed E-state index contributed by atoms with van der Waals surface area (Å²) in [5.41, 5.74) is 7.48. The molecule has 3 rings (SSSR count). The van der Waals surface area contributed by atoms with Gasteiger partial charge in [0.15, 0.2) is 0 Å². The molecule has 0 fully saturated rings. The van der Waals surface area contributed by atoms with Gasteiger partial charge in [-0.25, -0.2) is 4.98 Å². The van der Waals surface area contributed by atoms with Crippen LogP contribution in [0.1, 0.15) is 0 Å². The summed E-state index contributed by atoms with van der Waals surface area (Å²) in [5, 5.41) is 29.7. The van der Waals surface area contributed by atoms with Crippen LogP contribution < -0.4 is 5.73 Å². The van der Waals surface area contributed by atoms with Crippen molar-refractivity contribution in [3.05, 3.63) is 73.9 Å². The first-order chi connectivity index (χ1) is 12.2. The van der Waals surface area contributed by atoms with Crippen LogP contribution in [0.2, 0.25) is 5.02 Å². The van der Waals surface area contributed by atoms with Gasteiger partial charge in [0.05, 0.1) is 11.4 Å². The van der Waals surface area contributed by atoms with Crippen LogP contribution in [-0.2, 0) is 17.1 Å². The Balaban J connectivity index is 0.000000646. The molecule has 0 aliphatic heterocycles. The van der Waals surface area contributed by atoms with Gasteiger partial charge in [-0.2, -0.15) is 0 Å². The summed E-state index contributed by atoms with van der Waals surface area (Å²) in [6, 6.07) is 13.2. The standard InChI is InChI=1S/C14H10ClN3.Cu.2HNO3/c15-11-5-3-4-9-10(11)8-13(18-14(9)16)12-6-1-2-7-17-12;;2*2-1(3)4/h1-8H,(H2,16,18);;2*(H,2,3,4). The molecule has 27 heavy (non-hydrogen) atoms. The van der Waals surface area contributed by atoms with Gasteiger partial charge in [0, 0.05) is 39.1 Å². The van der Waals surface area contributed by atoms with Crippen LogP contribution in [0, 0.1) is 20.2 Å². The minimum absolute atomic E-state index is 0. The number of halogens is 1. The van der Waals surface area contributed by atoms with Crippen LogP contribution in [0.15, 0.2) is 48.7 Å². The first-order valence-corrected chi connectivity index (χ1v) is 7.02. The Morgan fingerprint density at radius 1 is 0.963 bits per heavy atom. The molecule has 147 valence electrons. The molecule has 13 heteroatoms. The van der Waals surface area contributed by atoms with Gasteiger partial charge in [0.1, 0.15) is 5.82 Å². The van der Waals surface area contributed by atoms with E-state index in [0.29, 0.717) is 10.8 Å². The van der Waals surface area contributed by atoms with Crippen molar-refractivity contribution in [2.24, 2.45) is 0 Å². The van der Waals surface area contributed by atoms with Gasteiger partial charge in [-0.05, 0) is 24.3 Å². The van der Waals surface area contributed by atoms with Crippen LogP contribution in [0.4, 0.5) is 5.82 Å². The molecule has 1 aromatic carbocycles. The number of hydrogen-bond donors (Lipinski definition) is 3. The molecular formula is C14H12ClCuN5O6. The number of nitrogens with zero attached hydrogens (tertiary/aromatic N) is 4. The zero-order valence-electron chi connectivity index (χ0n) is 13.2. The SMILES string of the molecule is Nc1nc(-c2ccccn2)cc2c(Cl)cccc12.O=[N+]([O-])O.O=[N+]([O-])O.[Cu]. The summed E-state index contributed by atoms with van der Waals surface area (Å²) in [6.07, 6.45) is 1.73. The predicted molar refractivity (Wildman–Crippen MR) is 92.0 cm³/mol. The second kappa shape index (κ2) is 11.4. The van der Waals surface area contributed by atoms with E-state index in [0.717, 1.165) is 22.2 Å². The molecule has 0 atom stereocenters. The van der Waals surface area contributed by atoms with Crippen LogP contribution in [0.25, 0.3) is 22.2 Å². The van der Waals surface area contributed by atoms with Crippen molar-refractivity contribution >= 4 is 28.2 Å². The molecular weight excluding hydrogens is 433 g/mol. The fraction of sp³-hybridized carbons (Fsp3) is 0. The second-order valence-corrected chi connectivity index (χ2v) is 4.83. The molecule has 0 saturated carbocycles. The Labute approximate surface area is 167 Å². The van der Waals surface area contributed by atoms with Crippen molar-refractivity contribution in [1.29, 1.82) is 0 Å². The van der Waals surface area contributed by atoms with Gasteiger partial charge in [0.2, 0.25) is 0 Å². The van der Waals surface area contributed by atoms with Crippen molar-refractivity contribution in [2.75, 3.05) is 5.73 Å². The quantitative estimate of drug-likeness (QED) is 0.288. The van der Waals surface area contributed by atoms with Gasteiger partial charge in [-0.1, -0.05) is 29.8 Å². The van der Waals surface area contributed by atoms with Gasteiger partial charge in [-0.15, -0.1) is 20.2 Å². The van der Waals surface area contributed by atoms with Crippen LogP contribution >= 0.6 is 11.6 Å². The first-order valence-electron chi connectivity index (χ1n) is 6.65. The summed E-state index contributed by atoms with van der Waals surface area (Å²) in [5.74, 6) is 0.468. The van der Waals surface area contributed by atoms with E-state index < -0.39 is 10.2 Å². The Bertz CT molecular complexity index is 895. The van der Waals surface area contributed by atoms with Crippen molar-refractivity contribution in [1.82, 2.24) is 9.97 Å². The summed E-state index contributed by atoms with van der Waals surface area (Å²) in [6.45, 7) is 0. The molecule has 3 aromatic rings. The van der Waals surface area contributed by atoms with Gasteiger partial charge in [0.25, 0.3) is 10.2 Å². The summed E-state index contributed by atoms with van der Waals surface area (Å²) >= 11 is 6.18. The molecule has 11 nitrogen and oxygen atoms in total. The molecule has 0 saturated heterocycles. The zero-order chi connectivity index (χ0) is 19.7. The van der Waals surface area contributed by atoms with Crippen molar-refractivity contribution in [3.63, 3.8) is 0 Å². The van der Waals surface area contributed by atoms with E-state index in [1.165, 1.54) is 0 Å². The molecule has 4 N–H and O–H groups in total. The Morgan fingerprint density at radius 2 is 1.56 bits per heavy atom. The zero-order valence-corrected chi connectivity index (χ0v) is 14.9. The maximum absolute atomic E-state index is 8.36. The average molecular weight is 445 g/mol. The fourth-order valence-corrected chi connectivity index (χ4v) is 2.14. The van der Waals surface area contributed by atoms with Gasteiger partial charge in [-0.3, -0.25) is 4.98 Å². The third-order valence-electron chi connectivity index (χ3n) is 2.78. The number of nitrogen functional groups attached to an aromatic ring is 1. The first kappa shape index (κ1) is 23.8. The molecule has 1 radical (unpaired) electrons. The summed E-state index contributed by atoms with van der Waals surface area (Å²) in [4.78, 5) is 25.4. The minimum atomic E-state index is -1.50. The monoisotopic (exact) mass is 444 g/mol. The molecule has 2 heterocycles. The Kier molecular flexibility index (Phi) is 10.1. The van der Waals surface area contributed by atoms with Crippen molar-refractivity contribution in [3.8, 4) is 11.4 Å². The molecule has 0 spiro atoms. The molecule has 0 aliphatic carbocycles. The third-order valence-corrected chi connectivity index (χ3v) is 3.11. The molecule has 0 aliphatic rings. The van der Waals surface area contributed by atoms with E-state index in [4.69, 9.17) is 48.0 Å². The molecule has 2 aromatic heterocycles. The van der Waals surface area contributed by atoms with E-state index >= 15 is 0 Å². The minimum Gasteiger partial charge on any atom is -0.383 e. The van der Waals surface area contributed by atoms with Crippen molar-refractivity contribution < 1.29 is 37.7 Å². The number of nitrogens with two attached hydrogens (primary N) is 1. The van der Waals surface area contributed by atoms with E-state index in [1.807, 2.05) is 42.5 Å². The van der Waals surface area contributed by atoms with E-state index in [-0.39, 0.29) is 17.1 Å². The van der Waals surface area contributed by atoms with E-state index in [2.05, 4.69) is 9.97 Å². The summed E-state index contributed by atoms with van der Waals surface area (Å²) < 4.78 is 0. The van der Waals surface area contributed by atoms with E-state index in [1.54, 1.807) is 6.20 Å². The number of benzene rings is 1. The van der Waals surface area contributed by atoms with Crippen LogP contribution in [-0.4, -0.2) is 30.6 Å². The topological polar surface area (TPSA) is 179 Å². The van der Waals surface area contributed by atoms with Gasteiger partial charge < -0.3 is 16.1 Å². The van der Waals surface area contributed by atoms with Crippen LogP contribution in [0.5, 0.6) is 0 Å². The maximum atomic E-state index is 8.36. The average Bonchev–Trinajstić information content (AvgIpc) is 2.55. The number of aromatic nitrogens is 2. The Hall–Kier alpha value is -3.21. The number of pyridine rings is 2. The molecule has 0 amide bonds. The summed E-state index contributed by atoms with van der Waals surface area (Å²) in [7, 11) is 0. The number of hydrogen-bond acceptors (Lipinski definition) is 7. The van der Waals surface area contributed by atoms with Crippen molar-refractivity contribution in [2.45, 2.75) is 0 Å². The van der Waals surface area contributed by atoms with E-state index in [9.17, 15) is 0 Å². The maximum Gasteiger partial charge on any atom is 0.291 e. The Morgan fingerprint density at radius 3 is 2.07 bits per heavy atom. The number of rotatable bonds is 1. The normalized spacial score (nSPS) is 8.93. The predicted octanol–water partition coefficient (Wildman–Crippen LogP) is 2.83. The smallest absolute Gasteiger partial charge is 0.291 e. The van der Waals surface area contributed by atoms with Crippen LogP contribution in [0.3, 0.4) is 0 Å². The fourth-order valence-electron chi connectivity index (χ4n) is 1.91. The number of anilines is 1. The third kappa shape index (κ3) is 8.14. The van der Waals surface area contributed by atoms with Gasteiger partial charge >= 0.3 is 0 Å². The largest absolute Gasteiger partial charge is 0.383 e.